The van der Waals surface area contributed by atoms with Gasteiger partial charge in [0.2, 0.25) is 0 Å². The van der Waals surface area contributed by atoms with Crippen LogP contribution in [0, 0.1) is 18.7 Å². The number of fused-ring (bicyclic) bond motifs is 1. The summed E-state index contributed by atoms with van der Waals surface area (Å²) in [7, 11) is 0. The van der Waals surface area contributed by atoms with Crippen molar-refractivity contribution >= 4 is 23.3 Å². The zero-order valence-corrected chi connectivity index (χ0v) is 18.8. The summed E-state index contributed by atoms with van der Waals surface area (Å²) in [6.45, 7) is 8.14. The number of halogens is 2. The molecule has 0 aliphatic carbocycles. The molecule has 1 fully saturated rings. The first-order chi connectivity index (χ1) is 14.5. The molecule has 5 nitrogen and oxygen atoms in total. The average Bonchev–Trinajstić information content (AvgIpc) is 2.73. The number of aromatic nitrogens is 2. The molecule has 1 aliphatic heterocycles. The van der Waals surface area contributed by atoms with Crippen molar-refractivity contribution in [1.82, 2.24) is 14.5 Å². The Morgan fingerprint density at radius 2 is 1.97 bits per heavy atom. The minimum Gasteiger partial charge on any atom is -0.494 e. The van der Waals surface area contributed by atoms with E-state index >= 15 is 0 Å². The molecule has 1 aliphatic rings. The Balaban J connectivity index is 0.00000272. The maximum atomic E-state index is 14.0. The van der Waals surface area contributed by atoms with Gasteiger partial charge in [0.05, 0.1) is 17.7 Å². The Hall–Kier alpha value is -2.44. The molecule has 1 atom stereocenters. The van der Waals surface area contributed by atoms with Gasteiger partial charge in [0.15, 0.2) is 0 Å². The number of aryl methyl sites for hydroxylation is 1. The van der Waals surface area contributed by atoms with Crippen LogP contribution in [0.2, 0.25) is 0 Å². The summed E-state index contributed by atoms with van der Waals surface area (Å²) in [4.78, 5) is 19.7. The van der Waals surface area contributed by atoms with Gasteiger partial charge in [-0.15, -0.1) is 12.4 Å². The van der Waals surface area contributed by atoms with E-state index in [2.05, 4.69) is 16.8 Å². The van der Waals surface area contributed by atoms with Crippen LogP contribution >= 0.6 is 12.4 Å². The summed E-state index contributed by atoms with van der Waals surface area (Å²) in [5.74, 6) is 1.53. The van der Waals surface area contributed by atoms with E-state index in [1.54, 1.807) is 13.0 Å². The Labute approximate surface area is 188 Å². The lowest BCUT2D eigenvalue weighted by molar-refractivity contribution is 0.170. The highest BCUT2D eigenvalue weighted by Gasteiger charge is 2.15. The van der Waals surface area contributed by atoms with E-state index in [1.165, 1.54) is 42.6 Å². The number of hydrogen-bond acceptors (Lipinski definition) is 4. The number of para-hydroxylation sites is 1. The van der Waals surface area contributed by atoms with Gasteiger partial charge in [-0.2, -0.15) is 0 Å². The highest BCUT2D eigenvalue weighted by molar-refractivity contribution is 5.85. The summed E-state index contributed by atoms with van der Waals surface area (Å²) in [6.07, 6.45) is 3.62. The van der Waals surface area contributed by atoms with Crippen LogP contribution in [0.25, 0.3) is 16.6 Å². The first-order valence-electron chi connectivity index (χ1n) is 10.7. The van der Waals surface area contributed by atoms with Gasteiger partial charge in [0, 0.05) is 13.1 Å². The van der Waals surface area contributed by atoms with Crippen LogP contribution in [0.1, 0.15) is 32.0 Å². The van der Waals surface area contributed by atoms with Crippen molar-refractivity contribution < 1.29 is 9.13 Å². The number of hydrogen-bond donors (Lipinski definition) is 0. The minimum absolute atomic E-state index is 0. The number of piperidine rings is 1. The molecule has 166 valence electrons. The van der Waals surface area contributed by atoms with E-state index in [0.717, 1.165) is 24.6 Å². The number of ether oxygens (including phenoxy) is 1. The topological polar surface area (TPSA) is 47.4 Å². The number of nitrogens with zero attached hydrogens (tertiary/aromatic N) is 3. The first-order valence-corrected chi connectivity index (χ1v) is 10.7. The van der Waals surface area contributed by atoms with Crippen LogP contribution in [-0.2, 0) is 0 Å². The molecule has 31 heavy (non-hydrogen) atoms. The van der Waals surface area contributed by atoms with Crippen molar-refractivity contribution in [2.75, 3.05) is 26.2 Å². The van der Waals surface area contributed by atoms with Gasteiger partial charge >= 0.3 is 0 Å². The number of likely N-dealkylation sites (tertiary alicyclic amines) is 1. The molecule has 0 unspecified atom stereocenters. The third-order valence-corrected chi connectivity index (χ3v) is 5.74. The molecule has 0 amide bonds. The van der Waals surface area contributed by atoms with Crippen LogP contribution in [0.3, 0.4) is 0 Å². The maximum absolute atomic E-state index is 14.0. The van der Waals surface area contributed by atoms with Gasteiger partial charge in [0.1, 0.15) is 22.9 Å². The van der Waals surface area contributed by atoms with Crippen LogP contribution in [-0.4, -0.2) is 40.7 Å². The van der Waals surface area contributed by atoms with Crippen LogP contribution in [0.5, 0.6) is 5.75 Å². The zero-order chi connectivity index (χ0) is 21.1. The second kappa shape index (κ2) is 10.2. The third kappa shape index (κ3) is 5.25. The fraction of sp³-hybridized carbons (Fsp3) is 0.417. The Kier molecular flexibility index (Phi) is 7.68. The number of rotatable bonds is 6. The molecule has 2 aromatic carbocycles. The normalized spacial score (nSPS) is 16.8. The van der Waals surface area contributed by atoms with E-state index in [0.29, 0.717) is 18.1 Å². The van der Waals surface area contributed by atoms with Gasteiger partial charge in [0.25, 0.3) is 5.56 Å². The van der Waals surface area contributed by atoms with Crippen molar-refractivity contribution in [2.45, 2.75) is 33.1 Å². The van der Waals surface area contributed by atoms with E-state index in [1.807, 2.05) is 24.3 Å². The minimum atomic E-state index is -0.484. The molecule has 4 rings (SSSR count). The van der Waals surface area contributed by atoms with Crippen molar-refractivity contribution in [1.29, 1.82) is 0 Å². The maximum Gasteiger partial charge on any atom is 0.266 e. The standard InChI is InChI=1S/C24H28FN3O2.ClH/c1-17-6-4-13-27(16-17)14-5-15-30-20-11-9-19(10-12-20)28-18(2)26-23-21(24(28)29)7-3-8-22(23)25;/h3,7-12,17H,4-6,13-16H2,1-2H3;1H/t17-;/m0./s1. The molecule has 0 radical (unpaired) electrons. The zero-order valence-electron chi connectivity index (χ0n) is 18.0. The summed E-state index contributed by atoms with van der Waals surface area (Å²) in [5.41, 5.74) is 0.520. The van der Waals surface area contributed by atoms with E-state index in [9.17, 15) is 9.18 Å². The lowest BCUT2D eigenvalue weighted by atomic mass is 10.0. The lowest BCUT2D eigenvalue weighted by Gasteiger charge is -2.30. The SMILES string of the molecule is Cc1nc2c(F)cccc2c(=O)n1-c1ccc(OCCCN2CCC[C@H](C)C2)cc1.Cl. The predicted molar refractivity (Wildman–Crippen MR) is 124 cm³/mol. The van der Waals surface area contributed by atoms with Crippen molar-refractivity contribution in [3.05, 3.63) is 64.5 Å². The largest absolute Gasteiger partial charge is 0.494 e. The Morgan fingerprint density at radius 3 is 2.71 bits per heavy atom. The molecule has 1 saturated heterocycles. The summed E-state index contributed by atoms with van der Waals surface area (Å²) in [5, 5.41) is 0.271. The third-order valence-electron chi connectivity index (χ3n) is 5.74. The summed E-state index contributed by atoms with van der Waals surface area (Å²) < 4.78 is 21.4. The van der Waals surface area contributed by atoms with E-state index in [-0.39, 0.29) is 28.9 Å². The van der Waals surface area contributed by atoms with Gasteiger partial charge in [-0.05, 0) is 75.0 Å². The first kappa shape index (κ1) is 23.2. The molecule has 3 aromatic rings. The molecule has 7 heteroatoms. The Bertz CT molecular complexity index is 1080. The number of benzene rings is 2. The van der Waals surface area contributed by atoms with Crippen molar-refractivity contribution in [3.8, 4) is 11.4 Å². The van der Waals surface area contributed by atoms with Gasteiger partial charge < -0.3 is 9.64 Å². The van der Waals surface area contributed by atoms with Gasteiger partial charge in [-0.3, -0.25) is 9.36 Å². The molecular formula is C24H29ClFN3O2. The molecule has 0 spiro atoms. The molecule has 0 bridgehead atoms. The molecular weight excluding hydrogens is 417 g/mol. The van der Waals surface area contributed by atoms with E-state index < -0.39 is 5.82 Å². The van der Waals surface area contributed by atoms with E-state index in [4.69, 9.17) is 4.74 Å². The van der Waals surface area contributed by atoms with Gasteiger partial charge in [-0.1, -0.05) is 13.0 Å². The van der Waals surface area contributed by atoms with Crippen molar-refractivity contribution in [2.24, 2.45) is 5.92 Å². The predicted octanol–water partition coefficient (Wildman–Crippen LogP) is 4.76. The van der Waals surface area contributed by atoms with Crippen LogP contribution < -0.4 is 10.3 Å². The second-order valence-corrected chi connectivity index (χ2v) is 8.18. The Morgan fingerprint density at radius 1 is 1.19 bits per heavy atom. The molecule has 2 heterocycles. The molecule has 0 N–H and O–H groups in total. The molecule has 1 aromatic heterocycles. The van der Waals surface area contributed by atoms with Crippen LogP contribution in [0.15, 0.2) is 47.3 Å². The highest BCUT2D eigenvalue weighted by atomic mass is 35.5. The summed E-state index contributed by atoms with van der Waals surface area (Å²) >= 11 is 0. The fourth-order valence-electron chi connectivity index (χ4n) is 4.24. The van der Waals surface area contributed by atoms with Gasteiger partial charge in [-0.25, -0.2) is 9.37 Å². The molecule has 0 saturated carbocycles. The smallest absolute Gasteiger partial charge is 0.266 e. The monoisotopic (exact) mass is 445 g/mol. The van der Waals surface area contributed by atoms with Crippen LogP contribution in [0.4, 0.5) is 4.39 Å². The summed E-state index contributed by atoms with van der Waals surface area (Å²) in [6, 6.07) is 11.8. The quantitative estimate of drug-likeness (QED) is 0.513. The average molecular weight is 446 g/mol. The highest BCUT2D eigenvalue weighted by Crippen LogP contribution is 2.19. The lowest BCUT2D eigenvalue weighted by Crippen LogP contribution is -2.35. The van der Waals surface area contributed by atoms with Crippen molar-refractivity contribution in [3.63, 3.8) is 0 Å². The second-order valence-electron chi connectivity index (χ2n) is 8.18. The fourth-order valence-corrected chi connectivity index (χ4v) is 4.24.